The maximum atomic E-state index is 5.34. The van der Waals surface area contributed by atoms with Gasteiger partial charge in [0, 0.05) is 13.1 Å². The fraction of sp³-hybridized carbons (Fsp3) is 1.00. The van der Waals surface area contributed by atoms with Crippen LogP contribution >= 0.6 is 0 Å². The lowest BCUT2D eigenvalue weighted by Gasteiger charge is -2.13. The highest BCUT2D eigenvalue weighted by atomic mass is 16.5. The van der Waals surface area contributed by atoms with Crippen molar-refractivity contribution in [1.82, 2.24) is 10.2 Å². The van der Waals surface area contributed by atoms with Gasteiger partial charge in [0.2, 0.25) is 0 Å². The predicted molar refractivity (Wildman–Crippen MR) is 47.9 cm³/mol. The standard InChI is InChI=1S/C8H20N2O/c1-4-10(3)6-8-11-7-5-9-2/h9H,4-8H2,1-3H3. The van der Waals surface area contributed by atoms with Gasteiger partial charge >= 0.3 is 0 Å². The van der Waals surface area contributed by atoms with E-state index in [1.54, 1.807) is 0 Å². The summed E-state index contributed by atoms with van der Waals surface area (Å²) in [5.41, 5.74) is 0. The van der Waals surface area contributed by atoms with Crippen LogP contribution in [-0.4, -0.2) is 51.8 Å². The van der Waals surface area contributed by atoms with Crippen molar-refractivity contribution >= 4 is 0 Å². The van der Waals surface area contributed by atoms with Crippen LogP contribution in [0, 0.1) is 0 Å². The highest BCUT2D eigenvalue weighted by molar-refractivity contribution is 4.45. The Morgan fingerprint density at radius 3 is 2.64 bits per heavy atom. The Balaban J connectivity index is 2.89. The lowest BCUT2D eigenvalue weighted by molar-refractivity contribution is 0.115. The van der Waals surface area contributed by atoms with Crippen LogP contribution in [0.25, 0.3) is 0 Å². The van der Waals surface area contributed by atoms with Crippen LogP contribution in [0.5, 0.6) is 0 Å². The number of nitrogens with zero attached hydrogens (tertiary/aromatic N) is 1. The molecule has 0 bridgehead atoms. The van der Waals surface area contributed by atoms with Crippen LogP contribution in [0.2, 0.25) is 0 Å². The SMILES string of the molecule is CCN(C)CCOCCNC. The summed E-state index contributed by atoms with van der Waals surface area (Å²) in [6, 6.07) is 0. The molecule has 0 amide bonds. The first-order valence-corrected chi connectivity index (χ1v) is 4.22. The maximum absolute atomic E-state index is 5.34. The summed E-state index contributed by atoms with van der Waals surface area (Å²) in [7, 11) is 4.03. The number of hydrogen-bond acceptors (Lipinski definition) is 3. The second-order valence-electron chi connectivity index (χ2n) is 2.61. The summed E-state index contributed by atoms with van der Waals surface area (Å²) in [5, 5.41) is 3.03. The molecule has 0 aromatic rings. The third kappa shape index (κ3) is 7.78. The van der Waals surface area contributed by atoms with E-state index in [1.807, 2.05) is 7.05 Å². The number of rotatable bonds is 7. The molecule has 0 aromatic carbocycles. The van der Waals surface area contributed by atoms with Crippen LogP contribution in [-0.2, 0) is 4.74 Å². The lowest BCUT2D eigenvalue weighted by atomic mass is 10.5. The molecule has 1 N–H and O–H groups in total. The van der Waals surface area contributed by atoms with Crippen molar-refractivity contribution in [2.24, 2.45) is 0 Å². The summed E-state index contributed by atoms with van der Waals surface area (Å²) in [4.78, 5) is 2.24. The molecule has 3 heteroatoms. The predicted octanol–water partition coefficient (Wildman–Crippen LogP) is 0.174. The van der Waals surface area contributed by atoms with Crippen LogP contribution < -0.4 is 5.32 Å². The molecule has 0 aliphatic heterocycles. The van der Waals surface area contributed by atoms with Gasteiger partial charge in [-0.25, -0.2) is 0 Å². The smallest absolute Gasteiger partial charge is 0.0593 e. The lowest BCUT2D eigenvalue weighted by Crippen LogP contribution is -2.24. The molecule has 68 valence electrons. The minimum absolute atomic E-state index is 0.814. The molecule has 0 aromatic heterocycles. The first-order valence-electron chi connectivity index (χ1n) is 4.22. The highest BCUT2D eigenvalue weighted by Crippen LogP contribution is 1.81. The monoisotopic (exact) mass is 160 g/mol. The summed E-state index contributed by atoms with van der Waals surface area (Å²) >= 11 is 0. The molecule has 0 heterocycles. The number of likely N-dealkylation sites (N-methyl/N-ethyl adjacent to an activating group) is 2. The Hall–Kier alpha value is -0.120. The van der Waals surface area contributed by atoms with Gasteiger partial charge in [-0.05, 0) is 20.6 Å². The van der Waals surface area contributed by atoms with Gasteiger partial charge in [-0.15, -0.1) is 0 Å². The minimum atomic E-state index is 0.814. The van der Waals surface area contributed by atoms with E-state index in [-0.39, 0.29) is 0 Å². The molecule has 0 rings (SSSR count). The topological polar surface area (TPSA) is 24.5 Å². The van der Waals surface area contributed by atoms with Crippen molar-refractivity contribution in [3.05, 3.63) is 0 Å². The third-order valence-corrected chi connectivity index (χ3v) is 1.65. The minimum Gasteiger partial charge on any atom is -0.379 e. The summed E-state index contributed by atoms with van der Waals surface area (Å²) in [5.74, 6) is 0. The van der Waals surface area contributed by atoms with Crippen LogP contribution in [0.1, 0.15) is 6.92 Å². The largest absolute Gasteiger partial charge is 0.379 e. The molecule has 0 saturated heterocycles. The molecule has 0 atom stereocenters. The van der Waals surface area contributed by atoms with Crippen molar-refractivity contribution in [2.75, 3.05) is 46.9 Å². The molecule has 3 nitrogen and oxygen atoms in total. The van der Waals surface area contributed by atoms with Crippen molar-refractivity contribution in [2.45, 2.75) is 6.92 Å². The fourth-order valence-electron chi connectivity index (χ4n) is 0.655. The zero-order valence-electron chi connectivity index (χ0n) is 7.89. The average molecular weight is 160 g/mol. The normalized spacial score (nSPS) is 10.9. The van der Waals surface area contributed by atoms with Gasteiger partial charge in [-0.1, -0.05) is 6.92 Å². The van der Waals surface area contributed by atoms with E-state index in [9.17, 15) is 0 Å². The molecule has 0 aliphatic carbocycles. The second-order valence-corrected chi connectivity index (χ2v) is 2.61. The zero-order valence-corrected chi connectivity index (χ0v) is 7.89. The molecule has 0 spiro atoms. The Kier molecular flexibility index (Phi) is 7.89. The first kappa shape index (κ1) is 10.9. The van der Waals surface area contributed by atoms with Crippen molar-refractivity contribution in [1.29, 1.82) is 0 Å². The quantitative estimate of drug-likeness (QED) is 0.537. The van der Waals surface area contributed by atoms with E-state index in [4.69, 9.17) is 4.74 Å². The second kappa shape index (κ2) is 7.98. The van der Waals surface area contributed by atoms with Crippen molar-refractivity contribution in [3.8, 4) is 0 Å². The molecular formula is C8H20N2O. The van der Waals surface area contributed by atoms with E-state index in [0.717, 1.165) is 32.8 Å². The van der Waals surface area contributed by atoms with Gasteiger partial charge in [0.05, 0.1) is 13.2 Å². The van der Waals surface area contributed by atoms with Crippen molar-refractivity contribution < 1.29 is 4.74 Å². The van der Waals surface area contributed by atoms with Crippen molar-refractivity contribution in [3.63, 3.8) is 0 Å². The molecule has 11 heavy (non-hydrogen) atoms. The first-order chi connectivity index (χ1) is 5.31. The van der Waals surface area contributed by atoms with E-state index >= 15 is 0 Å². The van der Waals surface area contributed by atoms with E-state index in [0.29, 0.717) is 0 Å². The van der Waals surface area contributed by atoms with Gasteiger partial charge in [0.1, 0.15) is 0 Å². The van der Waals surface area contributed by atoms with Crippen LogP contribution in [0.15, 0.2) is 0 Å². The molecule has 0 radical (unpaired) electrons. The van der Waals surface area contributed by atoms with E-state index in [1.165, 1.54) is 0 Å². The number of hydrogen-bond donors (Lipinski definition) is 1. The fourth-order valence-corrected chi connectivity index (χ4v) is 0.655. The molecular weight excluding hydrogens is 140 g/mol. The Labute approximate surface area is 69.7 Å². The molecule has 0 saturated carbocycles. The maximum Gasteiger partial charge on any atom is 0.0593 e. The molecule has 0 aliphatic rings. The van der Waals surface area contributed by atoms with Gasteiger partial charge in [0.25, 0.3) is 0 Å². The third-order valence-electron chi connectivity index (χ3n) is 1.65. The number of nitrogens with one attached hydrogen (secondary N) is 1. The van der Waals surface area contributed by atoms with Gasteiger partial charge < -0.3 is 15.0 Å². The Morgan fingerprint density at radius 1 is 1.36 bits per heavy atom. The van der Waals surface area contributed by atoms with E-state index in [2.05, 4.69) is 24.2 Å². The van der Waals surface area contributed by atoms with Gasteiger partial charge in [-0.2, -0.15) is 0 Å². The Morgan fingerprint density at radius 2 is 2.09 bits per heavy atom. The Bertz CT molecular complexity index is 78.5. The summed E-state index contributed by atoms with van der Waals surface area (Å²) in [6.07, 6.45) is 0. The zero-order chi connectivity index (χ0) is 8.53. The number of ether oxygens (including phenoxy) is 1. The molecule has 0 fully saturated rings. The van der Waals surface area contributed by atoms with E-state index < -0.39 is 0 Å². The van der Waals surface area contributed by atoms with Crippen LogP contribution in [0.3, 0.4) is 0 Å². The average Bonchev–Trinajstić information content (AvgIpc) is 2.04. The van der Waals surface area contributed by atoms with Crippen LogP contribution in [0.4, 0.5) is 0 Å². The molecule has 0 unspecified atom stereocenters. The highest BCUT2D eigenvalue weighted by Gasteiger charge is 1.92. The van der Waals surface area contributed by atoms with Gasteiger partial charge in [0.15, 0.2) is 0 Å². The van der Waals surface area contributed by atoms with Gasteiger partial charge in [-0.3, -0.25) is 0 Å². The summed E-state index contributed by atoms with van der Waals surface area (Å²) < 4.78 is 5.34. The summed E-state index contributed by atoms with van der Waals surface area (Å²) in [6.45, 7) is 6.86.